The first-order valence-corrected chi connectivity index (χ1v) is 7.07. The van der Waals surface area contributed by atoms with Gasteiger partial charge in [0.1, 0.15) is 0 Å². The molecule has 0 radical (unpaired) electrons. The van der Waals surface area contributed by atoms with E-state index in [1.54, 1.807) is 0 Å². The zero-order valence-corrected chi connectivity index (χ0v) is 11.9. The summed E-state index contributed by atoms with van der Waals surface area (Å²) in [6.45, 7) is 8.74. The van der Waals surface area contributed by atoms with Gasteiger partial charge in [-0.1, -0.05) is 45.0 Å². The molecule has 0 bridgehead atoms. The lowest BCUT2D eigenvalue weighted by Crippen LogP contribution is -2.26. The summed E-state index contributed by atoms with van der Waals surface area (Å²) in [6.07, 6.45) is 2.09. The van der Waals surface area contributed by atoms with E-state index < -0.39 is 0 Å². The van der Waals surface area contributed by atoms with Crippen molar-refractivity contribution in [1.82, 2.24) is 5.32 Å². The first-order chi connectivity index (χ1) is 8.67. The van der Waals surface area contributed by atoms with Crippen LogP contribution < -0.4 is 5.32 Å². The van der Waals surface area contributed by atoms with Gasteiger partial charge in [0, 0.05) is 13.2 Å². The second kappa shape index (κ2) is 8.28. The zero-order chi connectivity index (χ0) is 13.4. The molecule has 1 aromatic carbocycles. The first-order valence-electron chi connectivity index (χ1n) is 7.07. The summed E-state index contributed by atoms with van der Waals surface area (Å²) in [5, 5.41) is 12.5. The summed E-state index contributed by atoms with van der Waals surface area (Å²) in [5.74, 6) is 1.00. The second-order valence-electron chi connectivity index (χ2n) is 5.31. The van der Waals surface area contributed by atoms with Crippen LogP contribution in [0.5, 0.6) is 0 Å². The summed E-state index contributed by atoms with van der Waals surface area (Å²) >= 11 is 0. The van der Waals surface area contributed by atoms with E-state index in [4.69, 9.17) is 5.11 Å². The van der Waals surface area contributed by atoms with Crippen molar-refractivity contribution in [1.29, 1.82) is 0 Å². The average molecular weight is 249 g/mol. The Morgan fingerprint density at radius 1 is 1.17 bits per heavy atom. The van der Waals surface area contributed by atoms with Gasteiger partial charge < -0.3 is 10.4 Å². The van der Waals surface area contributed by atoms with Crippen LogP contribution in [0.1, 0.15) is 44.2 Å². The summed E-state index contributed by atoms with van der Waals surface area (Å²) in [4.78, 5) is 0. The minimum atomic E-state index is 0.284. The largest absolute Gasteiger partial charge is 0.396 e. The van der Waals surface area contributed by atoms with Crippen LogP contribution in [0.4, 0.5) is 0 Å². The van der Waals surface area contributed by atoms with Crippen molar-refractivity contribution in [2.24, 2.45) is 5.92 Å². The fourth-order valence-corrected chi connectivity index (χ4v) is 1.95. The van der Waals surface area contributed by atoms with Gasteiger partial charge in [-0.15, -0.1) is 0 Å². The van der Waals surface area contributed by atoms with Crippen LogP contribution in [0.3, 0.4) is 0 Å². The lowest BCUT2D eigenvalue weighted by Gasteiger charge is -2.12. The highest BCUT2D eigenvalue weighted by Gasteiger charge is 2.03. The Morgan fingerprint density at radius 2 is 1.83 bits per heavy atom. The molecule has 0 spiro atoms. The van der Waals surface area contributed by atoms with E-state index >= 15 is 0 Å². The number of hydrogen-bond donors (Lipinski definition) is 2. The minimum absolute atomic E-state index is 0.284. The Kier molecular flexibility index (Phi) is 6.99. The predicted octanol–water partition coefficient (Wildman–Crippen LogP) is 2.96. The summed E-state index contributed by atoms with van der Waals surface area (Å²) in [7, 11) is 0. The van der Waals surface area contributed by atoms with Crippen molar-refractivity contribution >= 4 is 0 Å². The van der Waals surface area contributed by atoms with E-state index in [9.17, 15) is 0 Å². The highest BCUT2D eigenvalue weighted by molar-refractivity contribution is 5.24. The minimum Gasteiger partial charge on any atom is -0.396 e. The molecule has 0 saturated heterocycles. The van der Waals surface area contributed by atoms with Crippen LogP contribution in [-0.2, 0) is 6.42 Å². The molecule has 2 heteroatoms. The molecule has 1 unspecified atom stereocenters. The highest BCUT2D eigenvalue weighted by atomic mass is 16.3. The molecule has 0 saturated carbocycles. The Morgan fingerprint density at radius 3 is 2.33 bits per heavy atom. The number of benzene rings is 1. The quantitative estimate of drug-likeness (QED) is 0.694. The SMILES string of the molecule is CCC(CO)CNCCc1ccc(C(C)C)cc1. The van der Waals surface area contributed by atoms with Crippen molar-refractivity contribution in [3.63, 3.8) is 0 Å². The maximum absolute atomic E-state index is 9.08. The molecule has 102 valence electrons. The van der Waals surface area contributed by atoms with Crippen LogP contribution in [0.2, 0.25) is 0 Å². The Labute approximate surface area is 111 Å². The smallest absolute Gasteiger partial charge is 0.0471 e. The van der Waals surface area contributed by atoms with Gasteiger partial charge in [-0.3, -0.25) is 0 Å². The van der Waals surface area contributed by atoms with Gasteiger partial charge in [-0.05, 0) is 42.3 Å². The molecule has 0 aliphatic heterocycles. The first kappa shape index (κ1) is 15.2. The summed E-state index contributed by atoms with van der Waals surface area (Å²) in [5.41, 5.74) is 2.78. The summed E-state index contributed by atoms with van der Waals surface area (Å²) < 4.78 is 0. The Hall–Kier alpha value is -0.860. The molecule has 0 aliphatic carbocycles. The van der Waals surface area contributed by atoms with Gasteiger partial charge in [-0.25, -0.2) is 0 Å². The molecular formula is C16H27NO. The lowest BCUT2D eigenvalue weighted by atomic mass is 10.0. The molecule has 1 aromatic rings. The Bertz CT molecular complexity index is 314. The van der Waals surface area contributed by atoms with Gasteiger partial charge in [0.2, 0.25) is 0 Å². The van der Waals surface area contributed by atoms with E-state index in [2.05, 4.69) is 50.4 Å². The molecule has 0 amide bonds. The molecule has 0 aliphatic rings. The molecule has 18 heavy (non-hydrogen) atoms. The third-order valence-electron chi connectivity index (χ3n) is 3.51. The van der Waals surface area contributed by atoms with Gasteiger partial charge in [0.05, 0.1) is 0 Å². The van der Waals surface area contributed by atoms with Crippen molar-refractivity contribution in [3.05, 3.63) is 35.4 Å². The number of aliphatic hydroxyl groups is 1. The number of aliphatic hydroxyl groups excluding tert-OH is 1. The van der Waals surface area contributed by atoms with E-state index in [1.807, 2.05) is 0 Å². The van der Waals surface area contributed by atoms with E-state index in [0.717, 1.165) is 25.9 Å². The topological polar surface area (TPSA) is 32.3 Å². The molecule has 2 nitrogen and oxygen atoms in total. The standard InChI is InChI=1S/C16H27NO/c1-4-14(12-18)11-17-10-9-15-5-7-16(8-6-15)13(2)3/h5-8,13-14,17-18H,4,9-12H2,1-3H3. The zero-order valence-electron chi connectivity index (χ0n) is 11.9. The van der Waals surface area contributed by atoms with Crippen LogP contribution in [0, 0.1) is 5.92 Å². The Balaban J connectivity index is 2.27. The lowest BCUT2D eigenvalue weighted by molar-refractivity contribution is 0.219. The van der Waals surface area contributed by atoms with Crippen molar-refractivity contribution in [2.75, 3.05) is 19.7 Å². The monoisotopic (exact) mass is 249 g/mol. The fourth-order valence-electron chi connectivity index (χ4n) is 1.95. The number of nitrogens with one attached hydrogen (secondary N) is 1. The number of rotatable bonds is 8. The van der Waals surface area contributed by atoms with Crippen LogP contribution in [0.25, 0.3) is 0 Å². The summed E-state index contributed by atoms with van der Waals surface area (Å²) in [6, 6.07) is 8.89. The fraction of sp³-hybridized carbons (Fsp3) is 0.625. The van der Waals surface area contributed by atoms with Gasteiger partial charge in [0.25, 0.3) is 0 Å². The molecule has 1 rings (SSSR count). The average Bonchev–Trinajstić information content (AvgIpc) is 2.39. The van der Waals surface area contributed by atoms with Crippen LogP contribution in [0.15, 0.2) is 24.3 Å². The molecule has 0 fully saturated rings. The van der Waals surface area contributed by atoms with Gasteiger partial charge >= 0.3 is 0 Å². The second-order valence-corrected chi connectivity index (χ2v) is 5.31. The molecule has 1 atom stereocenters. The van der Waals surface area contributed by atoms with Crippen molar-refractivity contribution in [3.8, 4) is 0 Å². The molecular weight excluding hydrogens is 222 g/mol. The third-order valence-corrected chi connectivity index (χ3v) is 3.51. The normalized spacial score (nSPS) is 12.9. The predicted molar refractivity (Wildman–Crippen MR) is 78.0 cm³/mol. The van der Waals surface area contributed by atoms with E-state index in [1.165, 1.54) is 11.1 Å². The van der Waals surface area contributed by atoms with Crippen molar-refractivity contribution in [2.45, 2.75) is 39.5 Å². The molecule has 0 aromatic heterocycles. The van der Waals surface area contributed by atoms with E-state index in [0.29, 0.717) is 11.8 Å². The third kappa shape index (κ3) is 5.19. The molecule has 2 N–H and O–H groups in total. The van der Waals surface area contributed by atoms with Crippen molar-refractivity contribution < 1.29 is 5.11 Å². The van der Waals surface area contributed by atoms with Gasteiger partial charge in [0.15, 0.2) is 0 Å². The van der Waals surface area contributed by atoms with Gasteiger partial charge in [-0.2, -0.15) is 0 Å². The van der Waals surface area contributed by atoms with Crippen LogP contribution in [-0.4, -0.2) is 24.8 Å². The highest BCUT2D eigenvalue weighted by Crippen LogP contribution is 2.14. The van der Waals surface area contributed by atoms with E-state index in [-0.39, 0.29) is 6.61 Å². The van der Waals surface area contributed by atoms with Crippen LogP contribution >= 0.6 is 0 Å². The maximum Gasteiger partial charge on any atom is 0.0471 e. The number of hydrogen-bond acceptors (Lipinski definition) is 2. The maximum atomic E-state index is 9.08. The molecule has 0 heterocycles.